The van der Waals surface area contributed by atoms with Gasteiger partial charge in [-0.25, -0.2) is 14.6 Å². The van der Waals surface area contributed by atoms with Crippen molar-refractivity contribution in [2.45, 2.75) is 45.3 Å². The number of hydrogen-bond acceptors (Lipinski definition) is 7. The molecular formula is C18H24O7. The molecule has 0 aliphatic heterocycles. The number of benzene rings is 1. The molecule has 0 saturated heterocycles. The van der Waals surface area contributed by atoms with E-state index in [1.54, 1.807) is 51.1 Å². The van der Waals surface area contributed by atoms with Gasteiger partial charge in [-0.3, -0.25) is 9.59 Å². The van der Waals surface area contributed by atoms with Gasteiger partial charge in [-0.2, -0.15) is 0 Å². The number of carbonyl (C=O) groups is 3. The van der Waals surface area contributed by atoms with E-state index in [1.807, 2.05) is 0 Å². The predicted molar refractivity (Wildman–Crippen MR) is 88.7 cm³/mol. The minimum Gasteiger partial charge on any atom is -0.467 e. The third-order valence-electron chi connectivity index (χ3n) is 3.06. The van der Waals surface area contributed by atoms with Gasteiger partial charge in [-0.1, -0.05) is 30.3 Å². The molecule has 138 valence electrons. The summed E-state index contributed by atoms with van der Waals surface area (Å²) in [5, 5.41) is 0. The Morgan fingerprint density at radius 1 is 1.00 bits per heavy atom. The summed E-state index contributed by atoms with van der Waals surface area (Å²) >= 11 is 0. The van der Waals surface area contributed by atoms with Crippen LogP contribution in [-0.2, 0) is 28.8 Å². The van der Waals surface area contributed by atoms with Gasteiger partial charge in [0.05, 0.1) is 19.1 Å². The molecule has 0 aliphatic rings. The largest absolute Gasteiger partial charge is 0.467 e. The summed E-state index contributed by atoms with van der Waals surface area (Å²) in [7, 11) is 1.15. The lowest BCUT2D eigenvalue weighted by Gasteiger charge is -2.31. The molecule has 1 aromatic rings. The van der Waals surface area contributed by atoms with E-state index in [1.165, 1.54) is 6.92 Å². The Morgan fingerprint density at radius 2 is 1.60 bits per heavy atom. The van der Waals surface area contributed by atoms with Gasteiger partial charge in [0.1, 0.15) is 6.61 Å². The Labute approximate surface area is 147 Å². The van der Waals surface area contributed by atoms with Crippen molar-refractivity contribution in [2.75, 3.05) is 13.7 Å². The fourth-order valence-corrected chi connectivity index (χ4v) is 1.86. The smallest absolute Gasteiger partial charge is 0.345 e. The Balaban J connectivity index is 3.14. The second-order valence-electron chi connectivity index (χ2n) is 6.51. The number of esters is 2. The molecule has 25 heavy (non-hydrogen) atoms. The number of hydrogen-bond donors (Lipinski definition) is 0. The normalized spacial score (nSPS) is 13.6. The zero-order valence-corrected chi connectivity index (χ0v) is 15.2. The molecule has 0 radical (unpaired) electrons. The minimum atomic E-state index is -1.90. The molecule has 0 bridgehead atoms. The van der Waals surface area contributed by atoms with Gasteiger partial charge in [0.15, 0.2) is 5.78 Å². The lowest BCUT2D eigenvalue weighted by atomic mass is 9.94. The van der Waals surface area contributed by atoms with Crippen molar-refractivity contribution >= 4 is 17.7 Å². The Hall–Kier alpha value is -2.25. The van der Waals surface area contributed by atoms with E-state index in [4.69, 9.17) is 19.2 Å². The highest BCUT2D eigenvalue weighted by Gasteiger charge is 2.47. The van der Waals surface area contributed by atoms with Crippen LogP contribution in [0, 0.1) is 0 Å². The molecule has 1 atom stereocenters. The van der Waals surface area contributed by atoms with Crippen LogP contribution in [0.1, 0.15) is 44.5 Å². The molecule has 0 heterocycles. The van der Waals surface area contributed by atoms with E-state index in [0.29, 0.717) is 5.56 Å². The fraction of sp³-hybridized carbons (Fsp3) is 0.500. The van der Waals surface area contributed by atoms with Crippen LogP contribution in [0.4, 0.5) is 0 Å². The number of methoxy groups -OCH3 is 1. The molecule has 0 amide bonds. The summed E-state index contributed by atoms with van der Waals surface area (Å²) < 4.78 is 9.70. The zero-order chi connectivity index (χ0) is 19.1. The van der Waals surface area contributed by atoms with Crippen LogP contribution in [0.15, 0.2) is 30.3 Å². The Morgan fingerprint density at radius 3 is 2.08 bits per heavy atom. The lowest BCUT2D eigenvalue weighted by molar-refractivity contribution is -0.399. The van der Waals surface area contributed by atoms with Gasteiger partial charge >= 0.3 is 11.9 Å². The standard InChI is InChI=1S/C18H24O7/c1-13(19)23-12-18(16(21)22-5,25-24-17(2,3)4)11-15(20)14-9-7-6-8-10-14/h6-10H,11-12H2,1-5H3. The van der Waals surface area contributed by atoms with Gasteiger partial charge in [0.2, 0.25) is 5.60 Å². The van der Waals surface area contributed by atoms with E-state index >= 15 is 0 Å². The lowest BCUT2D eigenvalue weighted by Crippen LogP contribution is -2.50. The maximum Gasteiger partial charge on any atom is 0.345 e. The first-order valence-electron chi connectivity index (χ1n) is 7.76. The van der Waals surface area contributed by atoms with Crippen molar-refractivity contribution in [1.29, 1.82) is 0 Å². The van der Waals surface area contributed by atoms with Gasteiger partial charge < -0.3 is 9.47 Å². The molecule has 0 N–H and O–H groups in total. The van der Waals surface area contributed by atoms with Crippen molar-refractivity contribution in [3.8, 4) is 0 Å². The first kappa shape index (κ1) is 20.8. The molecule has 0 aliphatic carbocycles. The van der Waals surface area contributed by atoms with Crippen molar-refractivity contribution in [1.82, 2.24) is 0 Å². The Kier molecular flexibility index (Phi) is 7.26. The highest BCUT2D eigenvalue weighted by Crippen LogP contribution is 2.25. The monoisotopic (exact) mass is 352 g/mol. The highest BCUT2D eigenvalue weighted by atomic mass is 17.2. The average Bonchev–Trinajstić information content (AvgIpc) is 2.56. The molecule has 1 rings (SSSR count). The molecular weight excluding hydrogens is 328 g/mol. The minimum absolute atomic E-state index is 0.379. The summed E-state index contributed by atoms with van der Waals surface area (Å²) in [5.41, 5.74) is -2.27. The molecule has 7 heteroatoms. The van der Waals surface area contributed by atoms with Crippen molar-refractivity contribution in [3.63, 3.8) is 0 Å². The molecule has 0 fully saturated rings. The van der Waals surface area contributed by atoms with E-state index in [-0.39, 0.29) is 5.78 Å². The number of ether oxygens (including phenoxy) is 2. The van der Waals surface area contributed by atoms with Crippen molar-refractivity contribution < 1.29 is 33.6 Å². The third-order valence-corrected chi connectivity index (χ3v) is 3.06. The summed E-state index contributed by atoms with van der Waals surface area (Å²) in [4.78, 5) is 46.7. The number of Topliss-reactive ketones (excluding diaryl/α,β-unsaturated/α-hetero) is 1. The number of carbonyl (C=O) groups excluding carboxylic acids is 3. The quantitative estimate of drug-likeness (QED) is 0.307. The van der Waals surface area contributed by atoms with Crippen LogP contribution in [0.5, 0.6) is 0 Å². The van der Waals surface area contributed by atoms with Crippen LogP contribution in [0.3, 0.4) is 0 Å². The molecule has 0 saturated carbocycles. The second-order valence-corrected chi connectivity index (χ2v) is 6.51. The molecule has 7 nitrogen and oxygen atoms in total. The van der Waals surface area contributed by atoms with Crippen LogP contribution >= 0.6 is 0 Å². The molecule has 0 aromatic heterocycles. The van der Waals surface area contributed by atoms with Crippen LogP contribution in [-0.4, -0.2) is 42.6 Å². The topological polar surface area (TPSA) is 88.1 Å². The maximum absolute atomic E-state index is 12.6. The SMILES string of the molecule is COC(=O)C(COC(C)=O)(CC(=O)c1ccccc1)OOC(C)(C)C. The zero-order valence-electron chi connectivity index (χ0n) is 15.2. The van der Waals surface area contributed by atoms with E-state index in [9.17, 15) is 14.4 Å². The fourth-order valence-electron chi connectivity index (χ4n) is 1.86. The van der Waals surface area contributed by atoms with Crippen LogP contribution in [0.2, 0.25) is 0 Å². The van der Waals surface area contributed by atoms with Gasteiger partial charge in [-0.05, 0) is 20.8 Å². The second kappa shape index (κ2) is 8.73. The first-order chi connectivity index (χ1) is 11.6. The van der Waals surface area contributed by atoms with Crippen LogP contribution in [0.25, 0.3) is 0 Å². The van der Waals surface area contributed by atoms with E-state index in [0.717, 1.165) is 7.11 Å². The Bertz CT molecular complexity index is 604. The summed E-state index contributed by atoms with van der Waals surface area (Å²) in [5.74, 6) is -1.88. The van der Waals surface area contributed by atoms with Gasteiger partial charge in [-0.15, -0.1) is 0 Å². The third kappa shape index (κ3) is 6.64. The van der Waals surface area contributed by atoms with Crippen molar-refractivity contribution in [2.24, 2.45) is 0 Å². The average molecular weight is 352 g/mol. The van der Waals surface area contributed by atoms with Crippen molar-refractivity contribution in [3.05, 3.63) is 35.9 Å². The van der Waals surface area contributed by atoms with Gasteiger partial charge in [0, 0.05) is 12.5 Å². The highest BCUT2D eigenvalue weighted by molar-refractivity contribution is 6.00. The number of rotatable bonds is 8. The summed E-state index contributed by atoms with van der Waals surface area (Å²) in [6.07, 6.45) is -0.410. The molecule has 1 unspecified atom stereocenters. The number of ketones is 1. The van der Waals surface area contributed by atoms with E-state index in [2.05, 4.69) is 0 Å². The molecule has 0 spiro atoms. The summed E-state index contributed by atoms with van der Waals surface area (Å²) in [6, 6.07) is 8.39. The van der Waals surface area contributed by atoms with Crippen LogP contribution < -0.4 is 0 Å². The summed E-state index contributed by atoms with van der Waals surface area (Å²) in [6.45, 7) is 5.80. The molecule has 1 aromatic carbocycles. The maximum atomic E-state index is 12.6. The predicted octanol–water partition coefficient (Wildman–Crippen LogP) is 2.48. The first-order valence-corrected chi connectivity index (χ1v) is 7.76. The van der Waals surface area contributed by atoms with Gasteiger partial charge in [0.25, 0.3) is 0 Å². The van der Waals surface area contributed by atoms with E-state index < -0.39 is 36.2 Å².